The molecule has 0 spiro atoms. The zero-order valence-corrected chi connectivity index (χ0v) is 19.7. The molecule has 1 aromatic heterocycles. The van der Waals surface area contributed by atoms with Crippen LogP contribution in [0, 0.1) is 6.92 Å². The van der Waals surface area contributed by atoms with Gasteiger partial charge in [0.2, 0.25) is 5.91 Å². The van der Waals surface area contributed by atoms with Gasteiger partial charge in [-0.05, 0) is 56.4 Å². The van der Waals surface area contributed by atoms with Gasteiger partial charge in [0.05, 0.1) is 5.75 Å². The Bertz CT molecular complexity index is 892. The minimum Gasteiger partial charge on any atom is -0.485 e. The Hall–Kier alpha value is -1.73. The summed E-state index contributed by atoms with van der Waals surface area (Å²) in [7, 11) is 0. The molecule has 0 saturated heterocycles. The fraction of sp³-hybridized carbons (Fsp3) is 0.609. The molecule has 1 aromatic carbocycles. The average molecular weight is 463 g/mol. The van der Waals surface area contributed by atoms with Crippen molar-refractivity contribution in [2.24, 2.45) is 0 Å². The van der Waals surface area contributed by atoms with Crippen molar-refractivity contribution in [3.63, 3.8) is 0 Å². The lowest BCUT2D eigenvalue weighted by Gasteiger charge is -2.25. The first kappa shape index (κ1) is 22.5. The Balaban J connectivity index is 1.44. The summed E-state index contributed by atoms with van der Waals surface area (Å²) in [5.74, 6) is 2.08. The number of thioether (sulfide) groups is 1. The highest BCUT2D eigenvalue weighted by Gasteiger charge is 2.24. The Labute approximate surface area is 193 Å². The second-order valence-electron chi connectivity index (χ2n) is 8.60. The van der Waals surface area contributed by atoms with Gasteiger partial charge < -0.3 is 10.1 Å². The van der Waals surface area contributed by atoms with E-state index in [1.54, 1.807) is 0 Å². The number of aryl methyl sites for hydroxylation is 1. The van der Waals surface area contributed by atoms with Crippen molar-refractivity contribution >= 4 is 29.3 Å². The van der Waals surface area contributed by atoms with Gasteiger partial charge in [-0.1, -0.05) is 55.5 Å². The highest BCUT2D eigenvalue weighted by molar-refractivity contribution is 7.99. The van der Waals surface area contributed by atoms with Crippen LogP contribution in [0.25, 0.3) is 0 Å². The van der Waals surface area contributed by atoms with Gasteiger partial charge in [-0.2, -0.15) is 0 Å². The first-order valence-corrected chi connectivity index (χ1v) is 12.7. The Morgan fingerprint density at radius 1 is 1.16 bits per heavy atom. The molecule has 0 atom stereocenters. The molecule has 0 radical (unpaired) electrons. The van der Waals surface area contributed by atoms with Crippen molar-refractivity contribution in [3.8, 4) is 5.75 Å². The van der Waals surface area contributed by atoms with Crippen molar-refractivity contribution in [1.29, 1.82) is 0 Å². The summed E-state index contributed by atoms with van der Waals surface area (Å²) in [6.07, 6.45) is 10.6. The molecule has 2 aliphatic rings. The molecule has 1 N–H and O–H groups in total. The van der Waals surface area contributed by atoms with Crippen LogP contribution in [-0.2, 0) is 11.4 Å². The van der Waals surface area contributed by atoms with Crippen LogP contribution in [0.4, 0.5) is 0 Å². The number of carbonyl (C=O) groups excluding carboxylic acids is 1. The Kier molecular flexibility index (Phi) is 7.77. The summed E-state index contributed by atoms with van der Waals surface area (Å²) in [5.41, 5.74) is 0.995. The number of nitrogens with zero attached hydrogens (tertiary/aromatic N) is 3. The van der Waals surface area contributed by atoms with Crippen LogP contribution in [0.1, 0.15) is 75.2 Å². The van der Waals surface area contributed by atoms with Crippen LogP contribution in [-0.4, -0.2) is 32.5 Å². The van der Waals surface area contributed by atoms with Gasteiger partial charge in [0.15, 0.2) is 11.0 Å². The molecule has 8 heteroatoms. The molecule has 2 saturated carbocycles. The quantitative estimate of drug-likeness (QED) is 0.526. The van der Waals surface area contributed by atoms with Gasteiger partial charge >= 0.3 is 0 Å². The molecule has 0 unspecified atom stereocenters. The van der Waals surface area contributed by atoms with E-state index in [0.717, 1.165) is 48.0 Å². The van der Waals surface area contributed by atoms with Gasteiger partial charge in [-0.25, -0.2) is 0 Å². The zero-order valence-electron chi connectivity index (χ0n) is 18.1. The van der Waals surface area contributed by atoms with Gasteiger partial charge in [-0.3, -0.25) is 9.36 Å². The molecule has 1 amide bonds. The normalized spacial score (nSPS) is 17.7. The topological polar surface area (TPSA) is 69.0 Å². The fourth-order valence-corrected chi connectivity index (χ4v) is 5.66. The number of carbonyl (C=O) groups is 1. The first-order chi connectivity index (χ1) is 15.1. The highest BCUT2D eigenvalue weighted by atomic mass is 35.5. The van der Waals surface area contributed by atoms with Gasteiger partial charge in [0, 0.05) is 17.1 Å². The van der Waals surface area contributed by atoms with Crippen LogP contribution < -0.4 is 10.1 Å². The molecule has 2 aromatic rings. The fourth-order valence-electron chi connectivity index (χ4n) is 4.60. The molecule has 2 aliphatic carbocycles. The highest BCUT2D eigenvalue weighted by Crippen LogP contribution is 2.33. The largest absolute Gasteiger partial charge is 0.485 e. The standard InChI is InChI=1S/C23H31ClN4O2S/c1-16-13-17(24)11-12-20(16)30-14-21-26-27-23(28(21)19-9-3-2-4-10-19)31-15-22(29)25-18-7-5-6-8-18/h11-13,18-19H,2-10,14-15H2,1H3,(H,25,29). The lowest BCUT2D eigenvalue weighted by atomic mass is 9.95. The number of hydrogen-bond donors (Lipinski definition) is 1. The lowest BCUT2D eigenvalue weighted by molar-refractivity contribution is -0.119. The molecular formula is C23H31ClN4O2S. The number of rotatable bonds is 8. The summed E-state index contributed by atoms with van der Waals surface area (Å²) in [6.45, 7) is 2.33. The number of benzene rings is 1. The zero-order chi connectivity index (χ0) is 21.6. The SMILES string of the molecule is Cc1cc(Cl)ccc1OCc1nnc(SCC(=O)NC2CCCC2)n1C1CCCCC1. The average Bonchev–Trinajstić information content (AvgIpc) is 3.42. The van der Waals surface area contributed by atoms with Crippen molar-refractivity contribution in [2.75, 3.05) is 5.75 Å². The second kappa shape index (κ2) is 10.7. The lowest BCUT2D eigenvalue weighted by Crippen LogP contribution is -2.34. The summed E-state index contributed by atoms with van der Waals surface area (Å²) in [5, 5.41) is 13.6. The third-order valence-electron chi connectivity index (χ3n) is 6.22. The predicted octanol–water partition coefficient (Wildman–Crippen LogP) is 5.48. The molecule has 1 heterocycles. The molecule has 0 bridgehead atoms. The number of ether oxygens (including phenoxy) is 1. The molecule has 0 aliphatic heterocycles. The Morgan fingerprint density at radius 3 is 2.65 bits per heavy atom. The summed E-state index contributed by atoms with van der Waals surface area (Å²) < 4.78 is 8.29. The molecule has 31 heavy (non-hydrogen) atoms. The van der Waals surface area contributed by atoms with E-state index in [4.69, 9.17) is 16.3 Å². The van der Waals surface area contributed by atoms with Crippen LogP contribution in [0.5, 0.6) is 5.75 Å². The first-order valence-electron chi connectivity index (χ1n) is 11.3. The van der Waals surface area contributed by atoms with E-state index in [1.165, 1.54) is 43.9 Å². The minimum absolute atomic E-state index is 0.0877. The van der Waals surface area contributed by atoms with Crippen LogP contribution in [0.2, 0.25) is 5.02 Å². The maximum Gasteiger partial charge on any atom is 0.230 e. The predicted molar refractivity (Wildman–Crippen MR) is 124 cm³/mol. The Morgan fingerprint density at radius 2 is 1.90 bits per heavy atom. The number of halogens is 1. The molecule has 168 valence electrons. The number of nitrogens with one attached hydrogen (secondary N) is 1. The van der Waals surface area contributed by atoms with Crippen molar-refractivity contribution in [2.45, 2.75) is 88.6 Å². The molecular weight excluding hydrogens is 432 g/mol. The van der Waals surface area contributed by atoms with E-state index < -0.39 is 0 Å². The smallest absolute Gasteiger partial charge is 0.230 e. The third-order valence-corrected chi connectivity index (χ3v) is 7.40. The van der Waals surface area contributed by atoms with Crippen LogP contribution in [0.3, 0.4) is 0 Å². The maximum atomic E-state index is 12.4. The van der Waals surface area contributed by atoms with Crippen molar-refractivity contribution in [3.05, 3.63) is 34.6 Å². The van der Waals surface area contributed by atoms with Gasteiger partial charge in [-0.15, -0.1) is 10.2 Å². The van der Waals surface area contributed by atoms with Crippen molar-refractivity contribution < 1.29 is 9.53 Å². The molecule has 2 fully saturated rings. The van der Waals surface area contributed by atoms with Crippen molar-refractivity contribution in [1.82, 2.24) is 20.1 Å². The number of aromatic nitrogens is 3. The van der Waals surface area contributed by atoms with E-state index >= 15 is 0 Å². The summed E-state index contributed by atoms with van der Waals surface area (Å²) >= 11 is 7.54. The van der Waals surface area contributed by atoms with E-state index in [-0.39, 0.29) is 5.91 Å². The monoisotopic (exact) mass is 462 g/mol. The van der Waals surface area contributed by atoms with E-state index in [9.17, 15) is 4.79 Å². The van der Waals surface area contributed by atoms with Crippen LogP contribution >= 0.6 is 23.4 Å². The summed E-state index contributed by atoms with van der Waals surface area (Å²) in [4.78, 5) is 12.4. The second-order valence-corrected chi connectivity index (χ2v) is 9.98. The van der Waals surface area contributed by atoms with Gasteiger partial charge in [0.1, 0.15) is 12.4 Å². The van der Waals surface area contributed by atoms with Gasteiger partial charge in [0.25, 0.3) is 0 Å². The maximum absolute atomic E-state index is 12.4. The molecule has 4 rings (SSSR count). The number of hydrogen-bond acceptors (Lipinski definition) is 5. The number of amides is 1. The third kappa shape index (κ3) is 5.95. The van der Waals surface area contributed by atoms with E-state index in [1.807, 2.05) is 25.1 Å². The van der Waals surface area contributed by atoms with Crippen LogP contribution in [0.15, 0.2) is 23.4 Å². The molecule has 6 nitrogen and oxygen atoms in total. The van der Waals surface area contributed by atoms with E-state index in [0.29, 0.717) is 29.5 Å². The van der Waals surface area contributed by atoms with E-state index in [2.05, 4.69) is 20.1 Å². The summed E-state index contributed by atoms with van der Waals surface area (Å²) in [6, 6.07) is 6.33. The minimum atomic E-state index is 0.0877.